The van der Waals surface area contributed by atoms with Crippen LogP contribution in [0.15, 0.2) is 17.3 Å². The lowest BCUT2D eigenvalue weighted by Gasteiger charge is -2.20. The molecule has 1 saturated carbocycles. The number of oxime groups is 1. The maximum Gasteiger partial charge on any atom is 0.387 e. The third kappa shape index (κ3) is 4.59. The first kappa shape index (κ1) is 18.0. The molecule has 0 unspecified atom stereocenters. The zero-order valence-corrected chi connectivity index (χ0v) is 12.9. The number of nitrogens with one attached hydrogen (secondary N) is 1. The number of hydrogen-bond acceptors (Lipinski definition) is 4. The molecule has 1 aliphatic carbocycles. The van der Waals surface area contributed by atoms with E-state index in [1.807, 2.05) is 0 Å². The number of amidine groups is 1. The van der Waals surface area contributed by atoms with Gasteiger partial charge >= 0.3 is 6.61 Å². The van der Waals surface area contributed by atoms with Crippen LogP contribution in [0.5, 0.6) is 5.75 Å². The highest BCUT2D eigenvalue weighted by Crippen LogP contribution is 2.29. The number of nitrogens with zero attached hydrogens (tertiary/aromatic N) is 2. The molecule has 9 heteroatoms. The van der Waals surface area contributed by atoms with E-state index >= 15 is 0 Å². The SMILES string of the molecule is CCN(C=NOCC1CC1)C(=N)c1c(OC(F)F)ccc(F)c1F. The van der Waals surface area contributed by atoms with Crippen LogP contribution in [-0.2, 0) is 4.84 Å². The van der Waals surface area contributed by atoms with Crippen LogP contribution in [0.2, 0.25) is 0 Å². The Balaban J connectivity index is 2.19. The molecule has 0 atom stereocenters. The quantitative estimate of drug-likeness (QED) is 0.338. The minimum Gasteiger partial charge on any atom is -0.434 e. The van der Waals surface area contributed by atoms with Gasteiger partial charge in [-0.05, 0) is 37.8 Å². The monoisotopic (exact) mass is 347 g/mol. The van der Waals surface area contributed by atoms with Gasteiger partial charge in [0.15, 0.2) is 11.6 Å². The summed E-state index contributed by atoms with van der Waals surface area (Å²) >= 11 is 0. The molecular formula is C15H17F4N3O2. The molecule has 0 bridgehead atoms. The van der Waals surface area contributed by atoms with Gasteiger partial charge in [-0.2, -0.15) is 8.78 Å². The van der Waals surface area contributed by atoms with E-state index < -0.39 is 35.4 Å². The molecule has 1 aromatic rings. The Morgan fingerprint density at radius 3 is 2.71 bits per heavy atom. The van der Waals surface area contributed by atoms with Crippen LogP contribution in [0.1, 0.15) is 25.3 Å². The van der Waals surface area contributed by atoms with Gasteiger partial charge in [0.1, 0.15) is 24.5 Å². The van der Waals surface area contributed by atoms with Gasteiger partial charge in [0, 0.05) is 6.54 Å². The van der Waals surface area contributed by atoms with E-state index in [9.17, 15) is 17.6 Å². The number of ether oxygens (including phenoxy) is 1. The van der Waals surface area contributed by atoms with Gasteiger partial charge in [0.25, 0.3) is 0 Å². The first-order chi connectivity index (χ1) is 11.4. The van der Waals surface area contributed by atoms with Crippen LogP contribution in [0.3, 0.4) is 0 Å². The van der Waals surface area contributed by atoms with Crippen LogP contribution in [0.4, 0.5) is 17.6 Å². The Hall–Kier alpha value is -2.32. The summed E-state index contributed by atoms with van der Waals surface area (Å²) in [5, 5.41) is 11.7. The molecule has 0 radical (unpaired) electrons. The van der Waals surface area contributed by atoms with Gasteiger partial charge in [-0.1, -0.05) is 5.16 Å². The largest absolute Gasteiger partial charge is 0.434 e. The van der Waals surface area contributed by atoms with Crippen molar-refractivity contribution >= 4 is 12.2 Å². The Labute approximate surface area is 136 Å². The molecule has 24 heavy (non-hydrogen) atoms. The number of rotatable bonds is 8. The lowest BCUT2D eigenvalue weighted by Crippen LogP contribution is -2.31. The summed E-state index contributed by atoms with van der Waals surface area (Å²) in [7, 11) is 0. The van der Waals surface area contributed by atoms with Crippen molar-refractivity contribution in [3.05, 3.63) is 29.3 Å². The third-order valence-corrected chi connectivity index (χ3v) is 3.41. The molecule has 0 amide bonds. The minimum atomic E-state index is -3.23. The van der Waals surface area contributed by atoms with Gasteiger partial charge in [0.2, 0.25) is 0 Å². The van der Waals surface area contributed by atoms with Crippen molar-refractivity contribution in [2.75, 3.05) is 13.2 Å². The minimum absolute atomic E-state index is 0.166. The van der Waals surface area contributed by atoms with E-state index in [0.717, 1.165) is 30.1 Å². The normalized spacial score (nSPS) is 14.2. The third-order valence-electron chi connectivity index (χ3n) is 3.41. The summed E-state index contributed by atoms with van der Waals surface area (Å²) in [6, 6.07) is 1.51. The summed E-state index contributed by atoms with van der Waals surface area (Å²) in [5.41, 5.74) is -0.703. The summed E-state index contributed by atoms with van der Waals surface area (Å²) in [6.07, 6.45) is 3.28. The number of benzene rings is 1. The molecule has 2 rings (SSSR count). The lowest BCUT2D eigenvalue weighted by atomic mass is 10.1. The summed E-state index contributed by atoms with van der Waals surface area (Å²) < 4.78 is 56.5. The lowest BCUT2D eigenvalue weighted by molar-refractivity contribution is -0.0502. The van der Waals surface area contributed by atoms with Crippen LogP contribution in [0.25, 0.3) is 0 Å². The van der Waals surface area contributed by atoms with Crippen molar-refractivity contribution in [2.45, 2.75) is 26.4 Å². The fourth-order valence-electron chi connectivity index (χ4n) is 1.91. The van der Waals surface area contributed by atoms with Crippen molar-refractivity contribution in [3.63, 3.8) is 0 Å². The Morgan fingerprint density at radius 2 is 2.12 bits per heavy atom. The highest BCUT2D eigenvalue weighted by Gasteiger charge is 2.24. The Kier molecular flexibility index (Phi) is 5.99. The van der Waals surface area contributed by atoms with Crippen molar-refractivity contribution in [1.82, 2.24) is 4.90 Å². The highest BCUT2D eigenvalue weighted by molar-refractivity contribution is 6.04. The molecule has 5 nitrogen and oxygen atoms in total. The van der Waals surface area contributed by atoms with Gasteiger partial charge in [-0.3, -0.25) is 5.41 Å². The Bertz CT molecular complexity index is 621. The molecule has 1 aliphatic rings. The average Bonchev–Trinajstić information content (AvgIpc) is 3.34. The average molecular weight is 347 g/mol. The van der Waals surface area contributed by atoms with E-state index in [1.165, 1.54) is 0 Å². The first-order valence-corrected chi connectivity index (χ1v) is 7.37. The molecule has 0 aliphatic heterocycles. The highest BCUT2D eigenvalue weighted by atomic mass is 19.3. The van der Waals surface area contributed by atoms with E-state index in [1.54, 1.807) is 6.92 Å². The van der Waals surface area contributed by atoms with Crippen molar-refractivity contribution in [2.24, 2.45) is 11.1 Å². The summed E-state index contributed by atoms with van der Waals surface area (Å²) in [4.78, 5) is 6.16. The molecule has 1 N–H and O–H groups in total. The fraction of sp³-hybridized carbons (Fsp3) is 0.467. The molecule has 1 fully saturated rings. The summed E-state index contributed by atoms with van der Waals surface area (Å²) in [5.74, 6) is -3.43. The molecule has 0 aromatic heterocycles. The molecule has 0 heterocycles. The first-order valence-electron chi connectivity index (χ1n) is 7.37. The van der Waals surface area contributed by atoms with Gasteiger partial charge in [0.05, 0.1) is 5.56 Å². The maximum absolute atomic E-state index is 14.0. The van der Waals surface area contributed by atoms with E-state index in [0.29, 0.717) is 18.6 Å². The molecular weight excluding hydrogens is 330 g/mol. The van der Waals surface area contributed by atoms with E-state index in [2.05, 4.69) is 9.89 Å². The number of alkyl halides is 2. The fourth-order valence-corrected chi connectivity index (χ4v) is 1.91. The Morgan fingerprint density at radius 1 is 1.42 bits per heavy atom. The predicted molar refractivity (Wildman–Crippen MR) is 79.4 cm³/mol. The van der Waals surface area contributed by atoms with Gasteiger partial charge in [-0.15, -0.1) is 0 Å². The second kappa shape index (κ2) is 7.98. The van der Waals surface area contributed by atoms with Crippen molar-refractivity contribution < 1.29 is 27.1 Å². The topological polar surface area (TPSA) is 57.9 Å². The second-order valence-electron chi connectivity index (χ2n) is 5.21. The van der Waals surface area contributed by atoms with Crippen LogP contribution < -0.4 is 4.74 Å². The van der Waals surface area contributed by atoms with Gasteiger partial charge < -0.3 is 14.5 Å². The molecule has 0 saturated heterocycles. The number of halogens is 4. The molecule has 1 aromatic carbocycles. The zero-order chi connectivity index (χ0) is 17.7. The standard InChI is InChI=1S/C15H17F4N3O2/c1-2-22(8-21-23-7-9-3-4-9)14(20)12-11(24-15(18)19)6-5-10(16)13(12)17/h5-6,8-9,15,20H,2-4,7H2,1H3. The van der Waals surface area contributed by atoms with Crippen LogP contribution in [0, 0.1) is 23.0 Å². The van der Waals surface area contributed by atoms with E-state index in [-0.39, 0.29) is 6.54 Å². The smallest absolute Gasteiger partial charge is 0.387 e. The maximum atomic E-state index is 14.0. The predicted octanol–water partition coefficient (Wildman–Crippen LogP) is 3.58. The molecule has 132 valence electrons. The van der Waals surface area contributed by atoms with Crippen molar-refractivity contribution in [3.8, 4) is 5.75 Å². The second-order valence-corrected chi connectivity index (χ2v) is 5.21. The summed E-state index contributed by atoms with van der Waals surface area (Å²) in [6.45, 7) is -0.993. The van der Waals surface area contributed by atoms with E-state index in [4.69, 9.17) is 10.2 Å². The molecule has 0 spiro atoms. The van der Waals surface area contributed by atoms with Crippen LogP contribution in [-0.4, -0.2) is 36.8 Å². The van der Waals surface area contributed by atoms with Crippen molar-refractivity contribution in [1.29, 1.82) is 5.41 Å². The zero-order valence-electron chi connectivity index (χ0n) is 12.9. The van der Waals surface area contributed by atoms with Gasteiger partial charge in [-0.25, -0.2) is 8.78 Å². The van der Waals surface area contributed by atoms with Crippen LogP contribution >= 0.6 is 0 Å². The number of hydrogen-bond donors (Lipinski definition) is 1.